The molecule has 1 fully saturated rings. The number of benzene rings is 1. The van der Waals surface area contributed by atoms with Gasteiger partial charge in [0.25, 0.3) is 0 Å². The summed E-state index contributed by atoms with van der Waals surface area (Å²) in [6.07, 6.45) is 2.27. The zero-order valence-corrected chi connectivity index (χ0v) is 14.7. The first-order valence-electron chi connectivity index (χ1n) is 8.11. The molecule has 25 heavy (non-hydrogen) atoms. The molecule has 0 saturated carbocycles. The zero-order valence-electron chi connectivity index (χ0n) is 13.9. The zero-order chi connectivity index (χ0) is 18.3. The van der Waals surface area contributed by atoms with E-state index in [4.69, 9.17) is 9.88 Å². The van der Waals surface area contributed by atoms with Crippen molar-refractivity contribution in [1.82, 2.24) is 10.6 Å². The monoisotopic (exact) mass is 369 g/mol. The van der Waals surface area contributed by atoms with Gasteiger partial charge in [0.05, 0.1) is 11.0 Å². The molecule has 2 rings (SSSR count). The molecule has 1 saturated heterocycles. The second-order valence-electron chi connectivity index (χ2n) is 5.90. The molecule has 138 valence electrons. The van der Waals surface area contributed by atoms with Gasteiger partial charge in [-0.15, -0.1) is 0 Å². The minimum atomic E-state index is -3.70. The van der Waals surface area contributed by atoms with Crippen LogP contribution in [0.1, 0.15) is 24.8 Å². The van der Waals surface area contributed by atoms with Crippen LogP contribution in [-0.2, 0) is 30.8 Å². The van der Waals surface area contributed by atoms with Crippen molar-refractivity contribution < 1.29 is 22.7 Å². The molecule has 1 heterocycles. The number of carbonyl (C=O) groups is 2. The predicted octanol–water partition coefficient (Wildman–Crippen LogP) is -0.322. The average molecular weight is 369 g/mol. The predicted molar refractivity (Wildman–Crippen MR) is 91.1 cm³/mol. The second-order valence-corrected chi connectivity index (χ2v) is 7.47. The van der Waals surface area contributed by atoms with Crippen molar-refractivity contribution >= 4 is 21.8 Å². The first kappa shape index (κ1) is 19.4. The molecule has 2 amide bonds. The van der Waals surface area contributed by atoms with E-state index in [-0.39, 0.29) is 29.2 Å². The van der Waals surface area contributed by atoms with Gasteiger partial charge < -0.3 is 15.4 Å². The van der Waals surface area contributed by atoms with Gasteiger partial charge in [-0.3, -0.25) is 9.59 Å². The fourth-order valence-corrected chi connectivity index (χ4v) is 3.01. The van der Waals surface area contributed by atoms with Crippen LogP contribution in [0.4, 0.5) is 0 Å². The van der Waals surface area contributed by atoms with Crippen molar-refractivity contribution in [3.05, 3.63) is 29.8 Å². The number of hydrogen-bond donors (Lipinski definition) is 3. The molecule has 0 bridgehead atoms. The Morgan fingerprint density at radius 3 is 2.44 bits per heavy atom. The van der Waals surface area contributed by atoms with Crippen LogP contribution in [-0.4, -0.2) is 46.0 Å². The van der Waals surface area contributed by atoms with Crippen molar-refractivity contribution in [1.29, 1.82) is 0 Å². The maximum absolute atomic E-state index is 11.7. The lowest BCUT2D eigenvalue weighted by molar-refractivity contribution is -0.129. The number of ether oxygens (including phenoxy) is 1. The topological polar surface area (TPSA) is 128 Å². The van der Waals surface area contributed by atoms with Crippen LogP contribution in [0.2, 0.25) is 0 Å². The number of carbonyl (C=O) groups excluding carboxylic acids is 2. The molecule has 1 atom stereocenters. The van der Waals surface area contributed by atoms with E-state index in [0.717, 1.165) is 25.0 Å². The minimum absolute atomic E-state index is 0.0446. The molecule has 1 aromatic carbocycles. The summed E-state index contributed by atoms with van der Waals surface area (Å²) in [5.41, 5.74) is 0.857. The third kappa shape index (κ3) is 6.81. The molecule has 0 aliphatic carbocycles. The Hall–Kier alpha value is -1.97. The molecule has 0 aromatic heterocycles. The molecule has 1 unspecified atom stereocenters. The van der Waals surface area contributed by atoms with E-state index in [1.807, 2.05) is 0 Å². The fourth-order valence-electron chi connectivity index (χ4n) is 2.50. The van der Waals surface area contributed by atoms with Gasteiger partial charge in [-0.1, -0.05) is 12.1 Å². The third-order valence-electron chi connectivity index (χ3n) is 3.86. The highest BCUT2D eigenvalue weighted by Gasteiger charge is 2.17. The van der Waals surface area contributed by atoms with Crippen molar-refractivity contribution in [3.63, 3.8) is 0 Å². The highest BCUT2D eigenvalue weighted by Crippen LogP contribution is 2.10. The molecule has 1 aliphatic rings. The summed E-state index contributed by atoms with van der Waals surface area (Å²) in [5.74, 6) is -0.684. The van der Waals surface area contributed by atoms with Crippen molar-refractivity contribution in [2.45, 2.75) is 36.7 Å². The highest BCUT2D eigenvalue weighted by molar-refractivity contribution is 7.89. The Morgan fingerprint density at radius 1 is 1.16 bits per heavy atom. The van der Waals surface area contributed by atoms with E-state index in [9.17, 15) is 18.0 Å². The quantitative estimate of drug-likeness (QED) is 0.541. The van der Waals surface area contributed by atoms with Crippen LogP contribution in [0, 0.1) is 0 Å². The second kappa shape index (κ2) is 8.93. The van der Waals surface area contributed by atoms with Gasteiger partial charge in [-0.2, -0.15) is 0 Å². The van der Waals surface area contributed by atoms with E-state index in [1.165, 1.54) is 12.1 Å². The summed E-state index contributed by atoms with van der Waals surface area (Å²) in [4.78, 5) is 23.4. The summed E-state index contributed by atoms with van der Waals surface area (Å²) in [6.45, 7) is 1.51. The largest absolute Gasteiger partial charge is 0.376 e. The van der Waals surface area contributed by atoms with Crippen LogP contribution >= 0.6 is 0 Å². The average Bonchev–Trinajstić information content (AvgIpc) is 3.06. The summed E-state index contributed by atoms with van der Waals surface area (Å²) in [5, 5.41) is 10.4. The summed E-state index contributed by atoms with van der Waals surface area (Å²) in [7, 11) is -3.70. The Labute approximate surface area is 147 Å². The van der Waals surface area contributed by atoms with Gasteiger partial charge in [-0.05, 0) is 37.0 Å². The first-order valence-corrected chi connectivity index (χ1v) is 9.66. The maximum Gasteiger partial charge on any atom is 0.238 e. The SMILES string of the molecule is NS(=O)(=O)c1ccc(CCNC(=O)CC(=O)NCC2CCCO2)cc1. The minimum Gasteiger partial charge on any atom is -0.376 e. The standard InChI is InChI=1S/C16H23N3O5S/c17-25(22,23)14-5-3-12(4-6-14)7-8-18-15(20)10-16(21)19-11-13-2-1-9-24-13/h3-6,13H,1-2,7-11H2,(H,18,20)(H,19,21)(H2,17,22,23). The molecule has 1 aliphatic heterocycles. The van der Waals surface area contributed by atoms with Gasteiger partial charge in [-0.25, -0.2) is 13.6 Å². The summed E-state index contributed by atoms with van der Waals surface area (Å²) in [6, 6.07) is 6.12. The number of amides is 2. The van der Waals surface area contributed by atoms with Crippen LogP contribution in [0.15, 0.2) is 29.2 Å². The molecule has 9 heteroatoms. The normalized spacial score (nSPS) is 17.2. The molecular formula is C16H23N3O5S. The third-order valence-corrected chi connectivity index (χ3v) is 4.79. The van der Waals surface area contributed by atoms with E-state index < -0.39 is 10.0 Å². The van der Waals surface area contributed by atoms with Gasteiger partial charge in [0.15, 0.2) is 0 Å². The molecule has 1 aromatic rings. The lowest BCUT2D eigenvalue weighted by Gasteiger charge is -2.11. The first-order chi connectivity index (χ1) is 11.8. The van der Waals surface area contributed by atoms with E-state index >= 15 is 0 Å². The Morgan fingerprint density at radius 2 is 1.84 bits per heavy atom. The Kier molecular flexibility index (Phi) is 6.91. The number of hydrogen-bond acceptors (Lipinski definition) is 5. The van der Waals surface area contributed by atoms with Crippen molar-refractivity contribution in [2.75, 3.05) is 19.7 Å². The van der Waals surface area contributed by atoms with Crippen LogP contribution < -0.4 is 15.8 Å². The van der Waals surface area contributed by atoms with Gasteiger partial charge >= 0.3 is 0 Å². The maximum atomic E-state index is 11.7. The number of nitrogens with two attached hydrogens (primary N) is 1. The summed E-state index contributed by atoms with van der Waals surface area (Å²) >= 11 is 0. The number of rotatable bonds is 8. The van der Waals surface area contributed by atoms with Crippen molar-refractivity contribution in [2.24, 2.45) is 5.14 Å². The van der Waals surface area contributed by atoms with Gasteiger partial charge in [0.2, 0.25) is 21.8 Å². The van der Waals surface area contributed by atoms with E-state index in [1.54, 1.807) is 12.1 Å². The van der Waals surface area contributed by atoms with Gasteiger partial charge in [0.1, 0.15) is 6.42 Å². The van der Waals surface area contributed by atoms with Crippen LogP contribution in [0.5, 0.6) is 0 Å². The van der Waals surface area contributed by atoms with E-state index in [2.05, 4.69) is 10.6 Å². The van der Waals surface area contributed by atoms with E-state index in [0.29, 0.717) is 19.5 Å². The van der Waals surface area contributed by atoms with Gasteiger partial charge in [0, 0.05) is 19.7 Å². The number of sulfonamides is 1. The molecule has 0 spiro atoms. The lowest BCUT2D eigenvalue weighted by atomic mass is 10.1. The molecule has 4 N–H and O–H groups in total. The Bertz CT molecular complexity index is 697. The molecule has 0 radical (unpaired) electrons. The number of primary sulfonamides is 1. The van der Waals surface area contributed by atoms with Crippen molar-refractivity contribution in [3.8, 4) is 0 Å². The molecular weight excluding hydrogens is 346 g/mol. The number of nitrogens with one attached hydrogen (secondary N) is 2. The van der Waals surface area contributed by atoms with Crippen LogP contribution in [0.3, 0.4) is 0 Å². The Balaban J connectivity index is 1.65. The smallest absolute Gasteiger partial charge is 0.238 e. The van der Waals surface area contributed by atoms with Crippen LogP contribution in [0.25, 0.3) is 0 Å². The summed E-state index contributed by atoms with van der Waals surface area (Å²) < 4.78 is 27.7. The lowest BCUT2D eigenvalue weighted by Crippen LogP contribution is -2.36. The fraction of sp³-hybridized carbons (Fsp3) is 0.500. The highest BCUT2D eigenvalue weighted by atomic mass is 32.2. The molecule has 8 nitrogen and oxygen atoms in total.